The Morgan fingerprint density at radius 2 is 2.22 bits per heavy atom. The standard InChI is InChI=1S/C16H15BrN2O4/c1-21-8-12-14(16(20)22-2)13(11(7-18)15(19)23-12)9-4-3-5-10(17)6-9/h3-6,11,13,19H,8H2,1-2H3. The number of hydrogen-bond donors (Lipinski definition) is 1. The molecule has 1 aliphatic rings. The van der Waals surface area contributed by atoms with Gasteiger partial charge >= 0.3 is 5.97 Å². The first-order valence-corrected chi connectivity index (χ1v) is 7.54. The second kappa shape index (κ2) is 7.40. The van der Waals surface area contributed by atoms with Crippen molar-refractivity contribution < 1.29 is 19.0 Å². The van der Waals surface area contributed by atoms with Gasteiger partial charge in [-0.3, -0.25) is 5.41 Å². The van der Waals surface area contributed by atoms with E-state index in [1.54, 1.807) is 18.2 Å². The summed E-state index contributed by atoms with van der Waals surface area (Å²) in [6.45, 7) is 0.00939. The molecular formula is C16H15BrN2O4. The van der Waals surface area contributed by atoms with E-state index in [1.807, 2.05) is 12.1 Å². The largest absolute Gasteiger partial charge is 0.466 e. The molecule has 1 N–H and O–H groups in total. The molecule has 0 aromatic heterocycles. The molecule has 1 aromatic rings. The number of ether oxygens (including phenoxy) is 3. The fourth-order valence-corrected chi connectivity index (χ4v) is 2.94. The van der Waals surface area contributed by atoms with Crippen molar-refractivity contribution in [2.75, 3.05) is 20.8 Å². The molecule has 7 heteroatoms. The molecule has 0 spiro atoms. The van der Waals surface area contributed by atoms with Gasteiger partial charge in [0.15, 0.2) is 0 Å². The van der Waals surface area contributed by atoms with Crippen molar-refractivity contribution >= 4 is 27.8 Å². The van der Waals surface area contributed by atoms with Crippen molar-refractivity contribution in [1.82, 2.24) is 0 Å². The van der Waals surface area contributed by atoms with E-state index in [-0.39, 0.29) is 23.8 Å². The average molecular weight is 379 g/mol. The molecular weight excluding hydrogens is 364 g/mol. The number of nitrogens with one attached hydrogen (secondary N) is 1. The Balaban J connectivity index is 2.67. The molecule has 0 amide bonds. The van der Waals surface area contributed by atoms with Crippen LogP contribution in [0, 0.1) is 22.7 Å². The second-order valence-corrected chi connectivity index (χ2v) is 5.78. The molecule has 0 saturated heterocycles. The first-order chi connectivity index (χ1) is 11.0. The molecule has 2 atom stereocenters. The lowest BCUT2D eigenvalue weighted by atomic mass is 9.78. The highest BCUT2D eigenvalue weighted by Gasteiger charge is 2.42. The molecule has 2 unspecified atom stereocenters. The van der Waals surface area contributed by atoms with Gasteiger partial charge in [0.05, 0.1) is 18.8 Å². The van der Waals surface area contributed by atoms with E-state index in [9.17, 15) is 10.1 Å². The highest BCUT2D eigenvalue weighted by molar-refractivity contribution is 9.10. The summed E-state index contributed by atoms with van der Waals surface area (Å²) >= 11 is 3.38. The minimum Gasteiger partial charge on any atom is -0.466 e. The highest BCUT2D eigenvalue weighted by atomic mass is 79.9. The maximum Gasteiger partial charge on any atom is 0.337 e. The third kappa shape index (κ3) is 3.44. The molecule has 120 valence electrons. The number of carbonyl (C=O) groups is 1. The topological polar surface area (TPSA) is 92.4 Å². The van der Waals surface area contributed by atoms with Crippen LogP contribution in [-0.2, 0) is 19.0 Å². The number of esters is 1. The third-order valence-corrected chi connectivity index (χ3v) is 3.98. The normalized spacial score (nSPS) is 20.7. The van der Waals surface area contributed by atoms with Crippen LogP contribution in [0.3, 0.4) is 0 Å². The van der Waals surface area contributed by atoms with E-state index in [4.69, 9.17) is 19.6 Å². The molecule has 0 fully saturated rings. The summed E-state index contributed by atoms with van der Waals surface area (Å²) < 4.78 is 16.1. The maximum absolute atomic E-state index is 12.3. The molecule has 1 aliphatic heterocycles. The number of nitriles is 1. The molecule has 6 nitrogen and oxygen atoms in total. The molecule has 0 saturated carbocycles. The van der Waals surface area contributed by atoms with Crippen molar-refractivity contribution in [3.8, 4) is 6.07 Å². The lowest BCUT2D eigenvalue weighted by molar-refractivity contribution is -0.137. The number of hydrogen-bond acceptors (Lipinski definition) is 6. The maximum atomic E-state index is 12.3. The van der Waals surface area contributed by atoms with Gasteiger partial charge in [0.25, 0.3) is 0 Å². The number of halogens is 1. The Morgan fingerprint density at radius 3 is 2.78 bits per heavy atom. The van der Waals surface area contributed by atoms with E-state index in [0.29, 0.717) is 5.56 Å². The smallest absolute Gasteiger partial charge is 0.337 e. The Bertz CT molecular complexity index is 708. The van der Waals surface area contributed by atoms with Crippen LogP contribution in [0.15, 0.2) is 40.1 Å². The van der Waals surface area contributed by atoms with Gasteiger partial charge in [0.2, 0.25) is 5.90 Å². The van der Waals surface area contributed by atoms with Crippen LogP contribution in [0.4, 0.5) is 0 Å². The summed E-state index contributed by atoms with van der Waals surface area (Å²) in [5.41, 5.74) is 0.919. The monoisotopic (exact) mass is 378 g/mol. The van der Waals surface area contributed by atoms with Gasteiger partial charge < -0.3 is 14.2 Å². The highest BCUT2D eigenvalue weighted by Crippen LogP contribution is 2.40. The van der Waals surface area contributed by atoms with Gasteiger partial charge in [0, 0.05) is 17.5 Å². The number of rotatable bonds is 4. The van der Waals surface area contributed by atoms with Crippen molar-refractivity contribution in [2.24, 2.45) is 5.92 Å². The van der Waals surface area contributed by atoms with Gasteiger partial charge in [-0.05, 0) is 17.7 Å². The van der Waals surface area contributed by atoms with Crippen LogP contribution in [0.5, 0.6) is 0 Å². The van der Waals surface area contributed by atoms with E-state index in [2.05, 4.69) is 15.9 Å². The lowest BCUT2D eigenvalue weighted by Gasteiger charge is -2.31. The van der Waals surface area contributed by atoms with Gasteiger partial charge in [-0.1, -0.05) is 28.1 Å². The van der Waals surface area contributed by atoms with Gasteiger partial charge in [-0.2, -0.15) is 5.26 Å². The predicted molar refractivity (Wildman–Crippen MR) is 85.7 cm³/mol. The zero-order valence-electron chi connectivity index (χ0n) is 12.6. The van der Waals surface area contributed by atoms with Crippen LogP contribution in [0.25, 0.3) is 0 Å². The van der Waals surface area contributed by atoms with Crippen LogP contribution in [0.2, 0.25) is 0 Å². The Morgan fingerprint density at radius 1 is 1.48 bits per heavy atom. The van der Waals surface area contributed by atoms with E-state index in [1.165, 1.54) is 14.2 Å². The molecule has 0 aliphatic carbocycles. The van der Waals surface area contributed by atoms with Gasteiger partial charge in [-0.15, -0.1) is 0 Å². The second-order valence-electron chi connectivity index (χ2n) is 4.87. The molecule has 23 heavy (non-hydrogen) atoms. The summed E-state index contributed by atoms with van der Waals surface area (Å²) in [5.74, 6) is -2.19. The first-order valence-electron chi connectivity index (χ1n) is 6.75. The van der Waals surface area contributed by atoms with E-state index >= 15 is 0 Å². The van der Waals surface area contributed by atoms with Crippen LogP contribution < -0.4 is 0 Å². The fraction of sp³-hybridized carbons (Fsp3) is 0.312. The Kier molecular flexibility index (Phi) is 5.53. The summed E-state index contributed by atoms with van der Waals surface area (Å²) in [5, 5.41) is 17.4. The minimum atomic E-state index is -0.918. The summed E-state index contributed by atoms with van der Waals surface area (Å²) in [4.78, 5) is 12.3. The number of methoxy groups -OCH3 is 2. The number of nitrogens with zero attached hydrogens (tertiary/aromatic N) is 1. The minimum absolute atomic E-state index is 0.00939. The molecule has 0 radical (unpaired) electrons. The molecule has 0 bridgehead atoms. The average Bonchev–Trinajstić information content (AvgIpc) is 2.54. The predicted octanol–water partition coefficient (Wildman–Crippen LogP) is 2.75. The van der Waals surface area contributed by atoms with E-state index in [0.717, 1.165) is 4.47 Å². The van der Waals surface area contributed by atoms with Crippen molar-refractivity contribution in [3.05, 3.63) is 45.6 Å². The Labute approximate surface area is 142 Å². The van der Waals surface area contributed by atoms with Crippen molar-refractivity contribution in [3.63, 3.8) is 0 Å². The number of benzene rings is 1. The lowest BCUT2D eigenvalue weighted by Crippen LogP contribution is -2.34. The van der Waals surface area contributed by atoms with E-state index < -0.39 is 17.8 Å². The number of carbonyl (C=O) groups excluding carboxylic acids is 1. The van der Waals surface area contributed by atoms with Crippen molar-refractivity contribution in [2.45, 2.75) is 5.92 Å². The van der Waals surface area contributed by atoms with Crippen molar-refractivity contribution in [1.29, 1.82) is 10.7 Å². The molecule has 1 heterocycles. The molecule has 2 rings (SSSR count). The van der Waals surface area contributed by atoms with Crippen LogP contribution in [-0.4, -0.2) is 32.7 Å². The summed E-state index contributed by atoms with van der Waals surface area (Å²) in [7, 11) is 2.72. The first kappa shape index (κ1) is 17.2. The zero-order chi connectivity index (χ0) is 17.0. The third-order valence-electron chi connectivity index (χ3n) is 3.49. The zero-order valence-corrected chi connectivity index (χ0v) is 14.2. The summed E-state index contributed by atoms with van der Waals surface area (Å²) in [6.07, 6.45) is 0. The van der Waals surface area contributed by atoms with Crippen LogP contribution >= 0.6 is 15.9 Å². The van der Waals surface area contributed by atoms with Crippen LogP contribution in [0.1, 0.15) is 11.5 Å². The summed E-state index contributed by atoms with van der Waals surface area (Å²) in [6, 6.07) is 9.29. The van der Waals surface area contributed by atoms with Gasteiger partial charge in [-0.25, -0.2) is 4.79 Å². The fourth-order valence-electron chi connectivity index (χ4n) is 2.52. The Hall–Kier alpha value is -2.17. The SMILES string of the molecule is COCC1=C(C(=O)OC)C(c2cccc(Br)c2)C(C#N)C(=N)O1. The van der Waals surface area contributed by atoms with Gasteiger partial charge in [0.1, 0.15) is 18.3 Å². The quantitative estimate of drug-likeness (QED) is 0.813. The molecule has 1 aromatic carbocycles.